The first-order chi connectivity index (χ1) is 15.8. The molecule has 0 bridgehead atoms. The van der Waals surface area contributed by atoms with Gasteiger partial charge >= 0.3 is 0 Å². The van der Waals surface area contributed by atoms with E-state index in [9.17, 15) is 9.90 Å². The average Bonchev–Trinajstić information content (AvgIpc) is 3.29. The number of nitrogens with zero attached hydrogens (tertiary/aromatic N) is 3. The molecule has 3 heterocycles. The highest BCUT2D eigenvalue weighted by molar-refractivity contribution is 7.09. The lowest BCUT2D eigenvalue weighted by Crippen LogP contribution is -2.57. The van der Waals surface area contributed by atoms with E-state index in [4.69, 9.17) is 21.1 Å². The smallest absolute Gasteiger partial charge is 0.225 e. The van der Waals surface area contributed by atoms with Crippen molar-refractivity contribution < 1.29 is 19.4 Å². The van der Waals surface area contributed by atoms with E-state index >= 15 is 0 Å². The number of likely N-dealkylation sites (tertiary alicyclic amines) is 1. The number of thiazole rings is 1. The molecule has 0 aliphatic carbocycles. The van der Waals surface area contributed by atoms with Crippen molar-refractivity contribution in [1.82, 2.24) is 14.8 Å². The van der Waals surface area contributed by atoms with Gasteiger partial charge < -0.3 is 19.5 Å². The van der Waals surface area contributed by atoms with Gasteiger partial charge in [0.1, 0.15) is 23.0 Å². The maximum atomic E-state index is 13.2. The van der Waals surface area contributed by atoms with E-state index in [1.165, 1.54) is 0 Å². The molecule has 4 rings (SSSR count). The first kappa shape index (κ1) is 24.4. The van der Waals surface area contributed by atoms with E-state index in [2.05, 4.69) is 9.88 Å². The molecule has 0 unspecified atom stereocenters. The van der Waals surface area contributed by atoms with Gasteiger partial charge in [-0.3, -0.25) is 9.69 Å². The van der Waals surface area contributed by atoms with E-state index in [-0.39, 0.29) is 25.0 Å². The topological polar surface area (TPSA) is 75.1 Å². The number of piperidine rings is 1. The largest absolute Gasteiger partial charge is 0.490 e. The van der Waals surface area contributed by atoms with Gasteiger partial charge in [-0.15, -0.1) is 11.3 Å². The van der Waals surface area contributed by atoms with Crippen LogP contribution in [0.1, 0.15) is 35.4 Å². The van der Waals surface area contributed by atoms with Gasteiger partial charge in [-0.1, -0.05) is 11.6 Å². The van der Waals surface area contributed by atoms with Gasteiger partial charge in [0, 0.05) is 42.8 Å². The monoisotopic (exact) mass is 493 g/mol. The molecule has 2 aromatic rings. The van der Waals surface area contributed by atoms with Crippen LogP contribution in [0, 0.1) is 13.8 Å². The minimum absolute atomic E-state index is 0.0464. The fourth-order valence-corrected chi connectivity index (χ4v) is 5.30. The highest BCUT2D eigenvalue weighted by atomic mass is 35.5. The zero-order chi connectivity index (χ0) is 23.4. The number of carbonyl (C=O) groups is 1. The zero-order valence-electron chi connectivity index (χ0n) is 19.3. The molecular weight excluding hydrogens is 462 g/mol. The summed E-state index contributed by atoms with van der Waals surface area (Å²) in [4.78, 5) is 21.8. The minimum Gasteiger partial charge on any atom is -0.490 e. The van der Waals surface area contributed by atoms with E-state index in [1.54, 1.807) is 11.3 Å². The predicted molar refractivity (Wildman–Crippen MR) is 129 cm³/mol. The number of aliphatic hydroxyl groups is 1. The summed E-state index contributed by atoms with van der Waals surface area (Å²) in [6.45, 7) is 7.96. The number of benzene rings is 1. The Labute approximate surface area is 204 Å². The molecule has 2 aliphatic rings. The van der Waals surface area contributed by atoms with E-state index in [0.717, 1.165) is 40.0 Å². The summed E-state index contributed by atoms with van der Waals surface area (Å²) >= 11 is 7.95. The van der Waals surface area contributed by atoms with Crippen LogP contribution in [0.15, 0.2) is 23.7 Å². The number of aryl methyl sites for hydroxylation is 2. The van der Waals surface area contributed by atoms with Crippen LogP contribution in [0.2, 0.25) is 5.02 Å². The number of amides is 1. The van der Waals surface area contributed by atoms with Crippen LogP contribution < -0.4 is 4.74 Å². The maximum absolute atomic E-state index is 13.2. The molecule has 2 saturated heterocycles. The van der Waals surface area contributed by atoms with Crippen molar-refractivity contribution in [2.45, 2.75) is 51.4 Å². The number of aromatic nitrogens is 1. The number of halogens is 1. The van der Waals surface area contributed by atoms with Gasteiger partial charge in [0.05, 0.1) is 25.7 Å². The molecule has 0 saturated carbocycles. The van der Waals surface area contributed by atoms with Gasteiger partial charge in [-0.2, -0.15) is 0 Å². The van der Waals surface area contributed by atoms with Gasteiger partial charge in [-0.05, 0) is 49.9 Å². The third-order valence-corrected chi connectivity index (χ3v) is 7.73. The predicted octanol–water partition coefficient (Wildman–Crippen LogP) is 3.44. The molecule has 7 nitrogen and oxygen atoms in total. The Morgan fingerprint density at radius 2 is 2.03 bits per heavy atom. The second-order valence-corrected chi connectivity index (χ2v) is 10.5. The first-order valence-corrected chi connectivity index (χ1v) is 12.7. The molecule has 1 amide bonds. The summed E-state index contributed by atoms with van der Waals surface area (Å²) in [5.41, 5.74) is 1.15. The Kier molecular flexibility index (Phi) is 7.91. The van der Waals surface area contributed by atoms with Crippen LogP contribution in [0.4, 0.5) is 0 Å². The number of ether oxygens (including phenoxy) is 2. The average molecular weight is 494 g/mol. The summed E-state index contributed by atoms with van der Waals surface area (Å²) in [6.07, 6.45) is 2.98. The van der Waals surface area contributed by atoms with Crippen LogP contribution in [-0.4, -0.2) is 76.9 Å². The molecule has 33 heavy (non-hydrogen) atoms. The zero-order valence-corrected chi connectivity index (χ0v) is 20.8. The summed E-state index contributed by atoms with van der Waals surface area (Å²) in [5, 5.41) is 13.6. The number of rotatable bonds is 7. The molecule has 2 fully saturated rings. The highest BCUT2D eigenvalue weighted by Gasteiger charge is 2.41. The van der Waals surface area contributed by atoms with E-state index in [1.807, 2.05) is 42.5 Å². The first-order valence-electron chi connectivity index (χ1n) is 11.4. The molecule has 1 aromatic heterocycles. The van der Waals surface area contributed by atoms with Crippen LogP contribution in [0.5, 0.6) is 5.75 Å². The highest BCUT2D eigenvalue weighted by Crippen LogP contribution is 2.30. The third-order valence-electron chi connectivity index (χ3n) is 6.37. The summed E-state index contributed by atoms with van der Waals surface area (Å²) in [6, 6.07) is 3.85. The van der Waals surface area contributed by atoms with Gasteiger partial charge in [-0.25, -0.2) is 4.98 Å². The van der Waals surface area contributed by atoms with Crippen LogP contribution in [0.25, 0.3) is 0 Å². The Balaban J connectivity index is 1.50. The maximum Gasteiger partial charge on any atom is 0.225 e. The fourth-order valence-electron chi connectivity index (χ4n) is 4.53. The Hall–Kier alpha value is -1.71. The molecule has 0 radical (unpaired) electrons. The molecule has 180 valence electrons. The van der Waals surface area contributed by atoms with Gasteiger partial charge in [0.2, 0.25) is 5.91 Å². The Morgan fingerprint density at radius 1 is 1.30 bits per heavy atom. The van der Waals surface area contributed by atoms with Crippen molar-refractivity contribution in [2.75, 3.05) is 39.4 Å². The minimum atomic E-state index is -0.760. The normalized spacial score (nSPS) is 22.5. The number of morpholine rings is 1. The summed E-state index contributed by atoms with van der Waals surface area (Å²) in [5.74, 6) is 0.771. The number of hydrogen-bond acceptors (Lipinski definition) is 7. The lowest BCUT2D eigenvalue weighted by atomic mass is 9.96. The fraction of sp³-hybridized carbons (Fsp3) is 0.583. The number of carbonyl (C=O) groups excluding carboxylic acids is 1. The van der Waals surface area contributed by atoms with Crippen molar-refractivity contribution in [3.05, 3.63) is 44.9 Å². The molecule has 0 spiro atoms. The molecule has 1 atom stereocenters. The van der Waals surface area contributed by atoms with Crippen molar-refractivity contribution >= 4 is 28.8 Å². The summed E-state index contributed by atoms with van der Waals surface area (Å²) < 4.78 is 12.5. The van der Waals surface area contributed by atoms with Crippen LogP contribution >= 0.6 is 22.9 Å². The number of aliphatic hydroxyl groups excluding tert-OH is 1. The Bertz CT molecular complexity index is 926. The van der Waals surface area contributed by atoms with Gasteiger partial charge in [0.15, 0.2) is 0 Å². The van der Waals surface area contributed by atoms with Crippen LogP contribution in [-0.2, 0) is 16.1 Å². The molecule has 1 aromatic carbocycles. The SMILES string of the molecule is Cc1cc(OC[C@@]2(CC(=O)N3CCC(O)CC3)CN(Cc3nccs3)CCO2)cc(C)c1Cl. The molecule has 9 heteroatoms. The third kappa shape index (κ3) is 6.25. The lowest BCUT2D eigenvalue weighted by molar-refractivity contribution is -0.158. The van der Waals surface area contributed by atoms with Crippen molar-refractivity contribution in [3.63, 3.8) is 0 Å². The summed E-state index contributed by atoms with van der Waals surface area (Å²) in [7, 11) is 0. The van der Waals surface area contributed by atoms with Gasteiger partial charge in [0.25, 0.3) is 0 Å². The molecular formula is C24H32ClN3O4S. The Morgan fingerprint density at radius 3 is 2.70 bits per heavy atom. The van der Waals surface area contributed by atoms with Crippen molar-refractivity contribution in [3.8, 4) is 5.75 Å². The van der Waals surface area contributed by atoms with E-state index < -0.39 is 5.60 Å². The van der Waals surface area contributed by atoms with Crippen molar-refractivity contribution in [2.24, 2.45) is 0 Å². The molecule has 1 N–H and O–H groups in total. The lowest BCUT2D eigenvalue weighted by Gasteiger charge is -2.43. The van der Waals surface area contributed by atoms with E-state index in [0.29, 0.717) is 39.1 Å². The van der Waals surface area contributed by atoms with Crippen LogP contribution in [0.3, 0.4) is 0 Å². The standard InChI is InChI=1S/C24H32ClN3O4S/c1-17-11-20(12-18(2)23(17)25)31-16-24(13-22(30)28-6-3-19(29)4-7-28)15-27(8-9-32-24)14-21-26-5-10-33-21/h5,10-12,19,29H,3-4,6-9,13-16H2,1-2H3/t24-/m1/s1. The number of hydrogen-bond donors (Lipinski definition) is 1. The second-order valence-electron chi connectivity index (χ2n) is 9.12. The second kappa shape index (κ2) is 10.7. The quantitative estimate of drug-likeness (QED) is 0.637. The molecule has 2 aliphatic heterocycles. The van der Waals surface area contributed by atoms with Crippen molar-refractivity contribution in [1.29, 1.82) is 0 Å².